The van der Waals surface area contributed by atoms with Crippen molar-refractivity contribution in [3.8, 4) is 17.1 Å². The highest BCUT2D eigenvalue weighted by Gasteiger charge is 2.18. The Morgan fingerprint density at radius 3 is 2.67 bits per heavy atom. The van der Waals surface area contributed by atoms with Gasteiger partial charge < -0.3 is 9.67 Å². The zero-order chi connectivity index (χ0) is 19.1. The van der Waals surface area contributed by atoms with Crippen LogP contribution in [0.4, 0.5) is 4.39 Å². The quantitative estimate of drug-likeness (QED) is 0.530. The smallest absolute Gasteiger partial charge is 0.164 e. The molecule has 4 aromatic rings. The number of phenolic OH excluding ortho intramolecular Hbond substituents is 1. The van der Waals surface area contributed by atoms with Gasteiger partial charge in [-0.05, 0) is 32.0 Å². The fourth-order valence-electron chi connectivity index (χ4n) is 3.02. The molecule has 0 saturated carbocycles. The maximum absolute atomic E-state index is 13.7. The lowest BCUT2D eigenvalue weighted by molar-refractivity contribution is 0.466. The van der Waals surface area contributed by atoms with Gasteiger partial charge in [-0.25, -0.2) is 19.3 Å². The van der Waals surface area contributed by atoms with Crippen LogP contribution >= 0.6 is 15.9 Å². The van der Waals surface area contributed by atoms with E-state index >= 15 is 0 Å². The minimum Gasteiger partial charge on any atom is -0.508 e. The molecule has 0 aliphatic heterocycles. The molecule has 0 aliphatic carbocycles. The van der Waals surface area contributed by atoms with Crippen LogP contribution in [-0.2, 0) is 6.54 Å². The molecule has 4 rings (SSSR count). The van der Waals surface area contributed by atoms with Crippen molar-refractivity contribution in [2.45, 2.75) is 20.4 Å². The highest BCUT2D eigenvalue weighted by Crippen LogP contribution is 2.29. The Balaban J connectivity index is 1.97. The largest absolute Gasteiger partial charge is 0.508 e. The van der Waals surface area contributed by atoms with Gasteiger partial charge >= 0.3 is 0 Å². The first-order chi connectivity index (χ1) is 12.9. The average molecular weight is 428 g/mol. The van der Waals surface area contributed by atoms with Gasteiger partial charge in [-0.15, -0.1) is 0 Å². The van der Waals surface area contributed by atoms with E-state index in [1.807, 2.05) is 30.5 Å². The van der Waals surface area contributed by atoms with Gasteiger partial charge in [-0.3, -0.25) is 4.98 Å². The standard InChI is InChI=1S/C19H15BrFN5O/c1-10-17-19(24-11(2)23-10)26(9-12-3-4-14(20)6-16(12)27)18(25-17)13-5-15(21)8-22-7-13/h3-8,27H,9H2,1-2H3. The molecule has 0 saturated heterocycles. The number of rotatable bonds is 3. The van der Waals surface area contributed by atoms with Crippen molar-refractivity contribution < 1.29 is 9.50 Å². The highest BCUT2D eigenvalue weighted by atomic mass is 79.9. The maximum atomic E-state index is 13.7. The second kappa shape index (κ2) is 6.70. The Kier molecular flexibility index (Phi) is 4.35. The molecular formula is C19H15BrFN5O. The zero-order valence-electron chi connectivity index (χ0n) is 14.6. The lowest BCUT2D eigenvalue weighted by Crippen LogP contribution is -2.05. The van der Waals surface area contributed by atoms with Crippen LogP contribution in [0, 0.1) is 19.7 Å². The molecule has 1 aromatic carbocycles. The van der Waals surface area contributed by atoms with Gasteiger partial charge in [0, 0.05) is 21.8 Å². The monoisotopic (exact) mass is 427 g/mol. The third-order valence-electron chi connectivity index (χ3n) is 4.22. The molecule has 3 heterocycles. The van der Waals surface area contributed by atoms with E-state index in [4.69, 9.17) is 0 Å². The van der Waals surface area contributed by atoms with Crippen molar-refractivity contribution in [1.82, 2.24) is 24.5 Å². The topological polar surface area (TPSA) is 76.7 Å². The first-order valence-electron chi connectivity index (χ1n) is 8.22. The predicted molar refractivity (Wildman–Crippen MR) is 103 cm³/mol. The number of aromatic hydroxyl groups is 1. The predicted octanol–water partition coefficient (Wildman–Crippen LogP) is 4.16. The lowest BCUT2D eigenvalue weighted by atomic mass is 10.2. The molecule has 0 spiro atoms. The van der Waals surface area contributed by atoms with Gasteiger partial charge in [-0.2, -0.15) is 0 Å². The molecule has 0 unspecified atom stereocenters. The molecule has 6 nitrogen and oxygen atoms in total. The molecule has 0 amide bonds. The Labute approximate surface area is 162 Å². The summed E-state index contributed by atoms with van der Waals surface area (Å²) in [6.45, 7) is 3.99. The van der Waals surface area contributed by atoms with E-state index in [-0.39, 0.29) is 5.75 Å². The maximum Gasteiger partial charge on any atom is 0.164 e. The molecule has 1 N–H and O–H groups in total. The SMILES string of the molecule is Cc1nc(C)c2nc(-c3cncc(F)c3)n(Cc3ccc(Br)cc3O)c2n1. The van der Waals surface area contributed by atoms with Crippen molar-refractivity contribution >= 4 is 27.1 Å². The summed E-state index contributed by atoms with van der Waals surface area (Å²) in [5.41, 5.74) is 3.22. The fourth-order valence-corrected chi connectivity index (χ4v) is 3.37. The minimum atomic E-state index is -0.448. The van der Waals surface area contributed by atoms with E-state index in [1.165, 1.54) is 6.07 Å². The Morgan fingerprint density at radius 2 is 1.93 bits per heavy atom. The summed E-state index contributed by atoms with van der Waals surface area (Å²) >= 11 is 3.34. The lowest BCUT2D eigenvalue weighted by Gasteiger charge is -2.11. The molecule has 8 heteroatoms. The summed E-state index contributed by atoms with van der Waals surface area (Å²) in [4.78, 5) is 17.5. The van der Waals surface area contributed by atoms with Gasteiger partial charge in [0.15, 0.2) is 5.65 Å². The third kappa shape index (κ3) is 3.28. The fraction of sp³-hybridized carbons (Fsp3) is 0.158. The molecule has 0 atom stereocenters. The van der Waals surface area contributed by atoms with Gasteiger partial charge in [0.05, 0.1) is 18.4 Å². The zero-order valence-corrected chi connectivity index (χ0v) is 16.2. The molecule has 3 aromatic heterocycles. The van der Waals surface area contributed by atoms with Crippen molar-refractivity contribution in [2.75, 3.05) is 0 Å². The number of aromatic nitrogens is 5. The van der Waals surface area contributed by atoms with Crippen molar-refractivity contribution in [3.63, 3.8) is 0 Å². The van der Waals surface area contributed by atoms with E-state index in [1.54, 1.807) is 12.3 Å². The number of benzene rings is 1. The number of phenols is 1. The molecule has 0 aliphatic rings. The summed E-state index contributed by atoms with van der Waals surface area (Å²) in [6, 6.07) is 6.67. The van der Waals surface area contributed by atoms with E-state index in [9.17, 15) is 9.50 Å². The molecular weight excluding hydrogens is 413 g/mol. The second-order valence-corrected chi connectivity index (χ2v) is 7.13. The van der Waals surface area contributed by atoms with E-state index < -0.39 is 5.82 Å². The number of hydrogen-bond acceptors (Lipinski definition) is 5. The number of imidazole rings is 1. The van der Waals surface area contributed by atoms with E-state index in [0.29, 0.717) is 40.5 Å². The van der Waals surface area contributed by atoms with Crippen LogP contribution in [0.15, 0.2) is 41.1 Å². The summed E-state index contributed by atoms with van der Waals surface area (Å²) in [6.07, 6.45) is 2.70. The second-order valence-electron chi connectivity index (χ2n) is 6.21. The number of halogens is 2. The molecule has 0 bridgehead atoms. The minimum absolute atomic E-state index is 0.150. The summed E-state index contributed by atoms with van der Waals surface area (Å²) < 4.78 is 16.4. The summed E-state index contributed by atoms with van der Waals surface area (Å²) in [7, 11) is 0. The Morgan fingerprint density at radius 1 is 1.11 bits per heavy atom. The van der Waals surface area contributed by atoms with Gasteiger partial charge in [0.25, 0.3) is 0 Å². The van der Waals surface area contributed by atoms with E-state index in [0.717, 1.165) is 16.4 Å². The third-order valence-corrected chi connectivity index (χ3v) is 4.71. The summed E-state index contributed by atoms with van der Waals surface area (Å²) in [5.74, 6) is 0.834. The number of hydrogen-bond donors (Lipinski definition) is 1. The number of pyridine rings is 1. The average Bonchev–Trinajstić information content (AvgIpc) is 2.96. The van der Waals surface area contributed by atoms with E-state index in [2.05, 4.69) is 35.9 Å². The Hall–Kier alpha value is -2.87. The normalized spacial score (nSPS) is 11.3. The van der Waals surface area contributed by atoms with Crippen molar-refractivity contribution in [2.24, 2.45) is 0 Å². The first-order valence-corrected chi connectivity index (χ1v) is 9.01. The van der Waals surface area contributed by atoms with Crippen molar-refractivity contribution in [1.29, 1.82) is 0 Å². The van der Waals surface area contributed by atoms with Crippen LogP contribution < -0.4 is 0 Å². The first kappa shape index (κ1) is 17.5. The van der Waals surface area contributed by atoms with Crippen LogP contribution in [0.25, 0.3) is 22.6 Å². The number of nitrogens with zero attached hydrogens (tertiary/aromatic N) is 5. The van der Waals surface area contributed by atoms with Crippen LogP contribution in [-0.4, -0.2) is 29.6 Å². The number of aryl methyl sites for hydroxylation is 2. The molecule has 0 fully saturated rings. The van der Waals surface area contributed by atoms with Crippen LogP contribution in [0.5, 0.6) is 5.75 Å². The highest BCUT2D eigenvalue weighted by molar-refractivity contribution is 9.10. The van der Waals surface area contributed by atoms with Gasteiger partial charge in [-0.1, -0.05) is 22.0 Å². The Bertz CT molecular complexity index is 1170. The van der Waals surface area contributed by atoms with Crippen LogP contribution in [0.2, 0.25) is 0 Å². The molecule has 27 heavy (non-hydrogen) atoms. The molecule has 0 radical (unpaired) electrons. The molecule has 136 valence electrons. The summed E-state index contributed by atoms with van der Waals surface area (Å²) in [5, 5.41) is 10.3. The number of fused-ring (bicyclic) bond motifs is 1. The van der Waals surface area contributed by atoms with Gasteiger partial charge in [0.2, 0.25) is 0 Å². The van der Waals surface area contributed by atoms with Crippen molar-refractivity contribution in [3.05, 3.63) is 64.0 Å². The van der Waals surface area contributed by atoms with Crippen LogP contribution in [0.3, 0.4) is 0 Å². The van der Waals surface area contributed by atoms with Crippen LogP contribution in [0.1, 0.15) is 17.1 Å². The van der Waals surface area contributed by atoms with Gasteiger partial charge in [0.1, 0.15) is 28.7 Å².